The predicted molar refractivity (Wildman–Crippen MR) is 120 cm³/mol. The summed E-state index contributed by atoms with van der Waals surface area (Å²) in [5, 5.41) is 11.5. The Morgan fingerprint density at radius 2 is 1.83 bits per heavy atom. The van der Waals surface area contributed by atoms with E-state index in [1.54, 1.807) is 14.2 Å². The minimum atomic E-state index is -0.539. The highest BCUT2D eigenvalue weighted by Crippen LogP contribution is 2.45. The number of piperidine rings is 1. The molecule has 1 unspecified atom stereocenters. The number of ether oxygens (including phenoxy) is 2. The van der Waals surface area contributed by atoms with Crippen molar-refractivity contribution in [1.82, 2.24) is 0 Å². The predicted octanol–water partition coefficient (Wildman–Crippen LogP) is 3.67. The topological polar surface area (TPSA) is 43.1 Å². The first-order chi connectivity index (χ1) is 14.6. The molecule has 2 aromatic rings. The fourth-order valence-electron chi connectivity index (χ4n) is 5.51. The number of aliphatic hydroxyl groups is 1. The summed E-state index contributed by atoms with van der Waals surface area (Å²) in [6, 6.07) is 17.0. The fourth-order valence-corrected chi connectivity index (χ4v) is 5.51. The first-order valence-corrected chi connectivity index (χ1v) is 11.1. The normalized spacial score (nSPS) is 28.8. The number of methoxy groups -OCH3 is 2. The van der Waals surface area contributed by atoms with Crippen molar-refractivity contribution in [2.75, 3.05) is 27.3 Å². The van der Waals surface area contributed by atoms with E-state index < -0.39 is 5.60 Å². The van der Waals surface area contributed by atoms with E-state index in [-0.39, 0.29) is 12.0 Å². The Morgan fingerprint density at radius 3 is 2.60 bits per heavy atom. The van der Waals surface area contributed by atoms with Crippen molar-refractivity contribution in [1.29, 1.82) is 0 Å². The van der Waals surface area contributed by atoms with Gasteiger partial charge in [0.1, 0.15) is 6.04 Å². The first kappa shape index (κ1) is 21.0. The smallest absolute Gasteiger partial charge is 0.161 e. The Balaban J connectivity index is 1.64. The van der Waals surface area contributed by atoms with Crippen molar-refractivity contribution >= 4 is 6.08 Å². The van der Waals surface area contributed by atoms with Gasteiger partial charge in [-0.15, -0.1) is 0 Å². The molecule has 1 saturated heterocycles. The number of likely N-dealkylation sites (tertiary alicyclic amines) is 1. The van der Waals surface area contributed by atoms with Crippen LogP contribution in [0.25, 0.3) is 6.08 Å². The standard InChI is InChI=1S/C26H33NO3/c1-29-23-14-13-21(19-24(23)30-2)25-22-12-6-7-15-26(22,28)16-18-27(25)17-8-11-20-9-4-3-5-10-20/h3-5,8-11,13-14,19,22,25,28H,6-7,12,15-18H2,1-2H3/p+1/b11-8+/t22-,25+,26+/m0/s1. The highest BCUT2D eigenvalue weighted by Gasteiger charge is 2.51. The zero-order valence-corrected chi connectivity index (χ0v) is 18.1. The SMILES string of the molecule is COc1ccc([C@@H]2[C@@H]3CCCC[C@@]3(O)CC[NH+]2C/C=C/c2ccccc2)cc1OC. The minimum absolute atomic E-state index is 0.254. The van der Waals surface area contributed by atoms with Crippen molar-refractivity contribution in [2.45, 2.75) is 43.7 Å². The second-order valence-electron chi connectivity index (χ2n) is 8.72. The molecule has 4 rings (SSSR count). The van der Waals surface area contributed by atoms with Crippen LogP contribution in [0.4, 0.5) is 0 Å². The van der Waals surface area contributed by atoms with Gasteiger partial charge in [0.25, 0.3) is 0 Å². The summed E-state index contributed by atoms with van der Waals surface area (Å²) in [4.78, 5) is 1.52. The number of hydrogen-bond donors (Lipinski definition) is 2. The van der Waals surface area contributed by atoms with Gasteiger partial charge in [0.05, 0.1) is 32.9 Å². The quantitative estimate of drug-likeness (QED) is 0.767. The molecular weight excluding hydrogens is 374 g/mol. The summed E-state index contributed by atoms with van der Waals surface area (Å²) in [6.07, 6.45) is 9.72. The Labute approximate surface area is 180 Å². The maximum Gasteiger partial charge on any atom is 0.161 e. The Kier molecular flexibility index (Phi) is 6.45. The third-order valence-corrected chi connectivity index (χ3v) is 7.04. The second kappa shape index (κ2) is 9.23. The average Bonchev–Trinajstić information content (AvgIpc) is 2.79. The molecule has 30 heavy (non-hydrogen) atoms. The molecule has 1 saturated carbocycles. The van der Waals surface area contributed by atoms with Gasteiger partial charge in [-0.3, -0.25) is 0 Å². The number of rotatable bonds is 6. The van der Waals surface area contributed by atoms with E-state index in [0.717, 1.165) is 50.3 Å². The van der Waals surface area contributed by atoms with E-state index in [4.69, 9.17) is 9.47 Å². The van der Waals surface area contributed by atoms with E-state index in [0.29, 0.717) is 0 Å². The van der Waals surface area contributed by atoms with Crippen molar-refractivity contribution in [3.05, 3.63) is 65.7 Å². The molecule has 0 aromatic heterocycles. The van der Waals surface area contributed by atoms with Crippen LogP contribution in [0.2, 0.25) is 0 Å². The maximum absolute atomic E-state index is 11.5. The lowest BCUT2D eigenvalue weighted by Crippen LogP contribution is -3.14. The van der Waals surface area contributed by atoms with E-state index in [1.165, 1.54) is 22.4 Å². The molecule has 2 aliphatic rings. The molecule has 2 N–H and O–H groups in total. The molecule has 1 aliphatic carbocycles. The minimum Gasteiger partial charge on any atom is -0.493 e. The van der Waals surface area contributed by atoms with Crippen LogP contribution in [-0.2, 0) is 0 Å². The van der Waals surface area contributed by atoms with Gasteiger partial charge in [-0.1, -0.05) is 49.2 Å². The third kappa shape index (κ3) is 4.26. The van der Waals surface area contributed by atoms with Crippen LogP contribution < -0.4 is 14.4 Å². The Hall–Kier alpha value is -2.30. The Morgan fingerprint density at radius 1 is 1.03 bits per heavy atom. The maximum atomic E-state index is 11.5. The number of nitrogens with one attached hydrogen (secondary N) is 1. The van der Waals surface area contributed by atoms with Gasteiger partial charge >= 0.3 is 0 Å². The lowest BCUT2D eigenvalue weighted by molar-refractivity contribution is -0.939. The summed E-state index contributed by atoms with van der Waals surface area (Å²) in [5.74, 6) is 1.79. The largest absolute Gasteiger partial charge is 0.493 e. The molecule has 0 amide bonds. The van der Waals surface area contributed by atoms with Crippen LogP contribution in [0.3, 0.4) is 0 Å². The number of hydrogen-bond acceptors (Lipinski definition) is 3. The van der Waals surface area contributed by atoms with Crippen LogP contribution in [0.1, 0.15) is 49.3 Å². The fraction of sp³-hybridized carbons (Fsp3) is 0.462. The van der Waals surface area contributed by atoms with Crippen molar-refractivity contribution in [3.63, 3.8) is 0 Å². The van der Waals surface area contributed by atoms with Crippen LogP contribution in [-0.4, -0.2) is 38.0 Å². The van der Waals surface area contributed by atoms with Crippen molar-refractivity contribution in [3.8, 4) is 11.5 Å². The molecule has 4 nitrogen and oxygen atoms in total. The number of fused-ring (bicyclic) bond motifs is 1. The highest BCUT2D eigenvalue weighted by atomic mass is 16.5. The zero-order valence-electron chi connectivity index (χ0n) is 18.1. The summed E-state index contributed by atoms with van der Waals surface area (Å²) < 4.78 is 11.0. The van der Waals surface area contributed by atoms with Gasteiger partial charge in [0.15, 0.2) is 11.5 Å². The van der Waals surface area contributed by atoms with Crippen LogP contribution >= 0.6 is 0 Å². The van der Waals surface area contributed by atoms with E-state index in [1.807, 2.05) is 12.1 Å². The summed E-state index contributed by atoms with van der Waals surface area (Å²) in [7, 11) is 3.36. The van der Waals surface area contributed by atoms with E-state index in [2.05, 4.69) is 48.6 Å². The van der Waals surface area contributed by atoms with Gasteiger partial charge in [0, 0.05) is 17.9 Å². The summed E-state index contributed by atoms with van der Waals surface area (Å²) in [6.45, 7) is 1.92. The lowest BCUT2D eigenvalue weighted by atomic mass is 9.66. The lowest BCUT2D eigenvalue weighted by Gasteiger charge is -2.50. The molecule has 1 aliphatic heterocycles. The monoisotopic (exact) mass is 408 g/mol. The van der Waals surface area contributed by atoms with Crippen molar-refractivity contribution in [2.24, 2.45) is 5.92 Å². The molecule has 0 bridgehead atoms. The molecule has 2 aromatic carbocycles. The molecule has 1 heterocycles. The van der Waals surface area contributed by atoms with Gasteiger partial charge in [-0.2, -0.15) is 0 Å². The number of quaternary nitrogens is 1. The van der Waals surface area contributed by atoms with Gasteiger partial charge in [-0.25, -0.2) is 0 Å². The van der Waals surface area contributed by atoms with Gasteiger partial charge < -0.3 is 19.5 Å². The van der Waals surface area contributed by atoms with Gasteiger partial charge in [0.2, 0.25) is 0 Å². The van der Waals surface area contributed by atoms with Crippen molar-refractivity contribution < 1.29 is 19.5 Å². The Bertz CT molecular complexity index is 866. The van der Waals surface area contributed by atoms with Crippen LogP contribution in [0.15, 0.2) is 54.6 Å². The number of benzene rings is 2. The molecule has 4 heteroatoms. The molecule has 2 fully saturated rings. The third-order valence-electron chi connectivity index (χ3n) is 7.04. The molecule has 4 atom stereocenters. The molecule has 0 radical (unpaired) electrons. The first-order valence-electron chi connectivity index (χ1n) is 11.1. The molecule has 160 valence electrons. The van der Waals surface area contributed by atoms with Gasteiger partial charge in [-0.05, 0) is 42.7 Å². The van der Waals surface area contributed by atoms with E-state index >= 15 is 0 Å². The highest BCUT2D eigenvalue weighted by molar-refractivity contribution is 5.48. The summed E-state index contributed by atoms with van der Waals surface area (Å²) in [5.41, 5.74) is 1.93. The summed E-state index contributed by atoms with van der Waals surface area (Å²) >= 11 is 0. The molecular formula is C26H34NO3+. The van der Waals surface area contributed by atoms with Crippen LogP contribution in [0.5, 0.6) is 11.5 Å². The molecule has 0 spiro atoms. The van der Waals surface area contributed by atoms with E-state index in [9.17, 15) is 5.11 Å². The average molecular weight is 409 g/mol. The second-order valence-corrected chi connectivity index (χ2v) is 8.72. The zero-order chi connectivity index (χ0) is 21.0. The van der Waals surface area contributed by atoms with Crippen LogP contribution in [0, 0.1) is 5.92 Å².